The molecular formula is C11H17N3O3S. The first-order valence-electron chi connectivity index (χ1n) is 5.37. The Hall–Kier alpha value is -1.31. The minimum absolute atomic E-state index is 0.0130. The fraction of sp³-hybridized carbons (Fsp3) is 0.455. The lowest BCUT2D eigenvalue weighted by Crippen LogP contribution is -2.19. The van der Waals surface area contributed by atoms with Crippen LogP contribution >= 0.6 is 11.8 Å². The Bertz CT molecular complexity index is 451. The molecule has 1 heterocycles. The summed E-state index contributed by atoms with van der Waals surface area (Å²) in [6.07, 6.45) is -0.802. The second kappa shape index (κ2) is 6.58. The number of thioether (sulfide) groups is 1. The van der Waals surface area contributed by atoms with Gasteiger partial charge in [-0.3, -0.25) is 4.98 Å². The van der Waals surface area contributed by atoms with Crippen molar-refractivity contribution in [1.29, 1.82) is 0 Å². The molecular weight excluding hydrogens is 254 g/mol. The highest BCUT2D eigenvalue weighted by Gasteiger charge is 2.14. The van der Waals surface area contributed by atoms with Gasteiger partial charge in [0.2, 0.25) is 0 Å². The molecule has 0 saturated carbocycles. The van der Waals surface area contributed by atoms with Gasteiger partial charge in [-0.25, -0.2) is 0 Å². The van der Waals surface area contributed by atoms with Crippen molar-refractivity contribution in [2.24, 2.45) is 10.9 Å². The van der Waals surface area contributed by atoms with Crippen LogP contribution in [0.1, 0.15) is 17.0 Å². The number of aryl methyl sites for hydroxylation is 2. The van der Waals surface area contributed by atoms with Gasteiger partial charge >= 0.3 is 0 Å². The molecule has 0 aromatic carbocycles. The quantitative estimate of drug-likeness (QED) is 0.201. The summed E-state index contributed by atoms with van der Waals surface area (Å²) in [5.74, 6) is 0.312. The summed E-state index contributed by atoms with van der Waals surface area (Å²) >= 11 is 1.33. The number of hydrogen-bond acceptors (Lipinski definition) is 6. The van der Waals surface area contributed by atoms with Gasteiger partial charge in [0, 0.05) is 22.0 Å². The van der Waals surface area contributed by atoms with Crippen LogP contribution in [-0.2, 0) is 0 Å². The predicted octanol–water partition coefficient (Wildman–Crippen LogP) is 0.238. The van der Waals surface area contributed by atoms with Crippen LogP contribution in [0.3, 0.4) is 0 Å². The largest absolute Gasteiger partial charge is 0.409 e. The van der Waals surface area contributed by atoms with Crippen molar-refractivity contribution in [3.05, 3.63) is 23.0 Å². The summed E-state index contributed by atoms with van der Waals surface area (Å²) in [4.78, 5) is 5.02. The second-order valence-electron chi connectivity index (χ2n) is 3.85. The minimum atomic E-state index is -0.802. The van der Waals surface area contributed by atoms with Crippen molar-refractivity contribution in [3.8, 4) is 0 Å². The van der Waals surface area contributed by atoms with Crippen LogP contribution in [0.15, 0.2) is 16.1 Å². The Balaban J connectivity index is 3.08. The number of amidine groups is 1. The maximum atomic E-state index is 9.35. The normalized spacial score (nSPS) is 13.7. The van der Waals surface area contributed by atoms with Crippen LogP contribution in [0, 0.1) is 13.8 Å². The van der Waals surface area contributed by atoms with Crippen LogP contribution in [0.25, 0.3) is 0 Å². The first-order valence-corrected chi connectivity index (χ1v) is 6.36. The van der Waals surface area contributed by atoms with E-state index < -0.39 is 6.10 Å². The van der Waals surface area contributed by atoms with Gasteiger partial charge in [-0.2, -0.15) is 0 Å². The fourth-order valence-electron chi connectivity index (χ4n) is 1.51. The van der Waals surface area contributed by atoms with Gasteiger partial charge in [0.15, 0.2) is 5.84 Å². The van der Waals surface area contributed by atoms with Crippen LogP contribution in [0.4, 0.5) is 0 Å². The van der Waals surface area contributed by atoms with Crippen molar-refractivity contribution in [3.63, 3.8) is 0 Å². The van der Waals surface area contributed by atoms with E-state index in [-0.39, 0.29) is 12.4 Å². The van der Waals surface area contributed by atoms with Crippen LogP contribution in [0.5, 0.6) is 0 Å². The molecule has 100 valence electrons. The molecule has 1 atom stereocenters. The number of pyridine rings is 1. The maximum absolute atomic E-state index is 9.35. The highest BCUT2D eigenvalue weighted by Crippen LogP contribution is 2.26. The molecule has 1 aromatic heterocycles. The summed E-state index contributed by atoms with van der Waals surface area (Å²) in [6.45, 7) is 3.32. The molecule has 0 saturated heterocycles. The first-order chi connectivity index (χ1) is 8.49. The van der Waals surface area contributed by atoms with Gasteiger partial charge in [-0.05, 0) is 19.9 Å². The maximum Gasteiger partial charge on any atom is 0.173 e. The van der Waals surface area contributed by atoms with Crippen molar-refractivity contribution in [2.75, 3.05) is 12.4 Å². The zero-order valence-electron chi connectivity index (χ0n) is 10.3. The molecule has 0 fully saturated rings. The highest BCUT2D eigenvalue weighted by molar-refractivity contribution is 7.99. The Morgan fingerprint density at radius 3 is 2.78 bits per heavy atom. The van der Waals surface area contributed by atoms with E-state index in [0.29, 0.717) is 17.0 Å². The fourth-order valence-corrected chi connectivity index (χ4v) is 2.63. The number of nitrogens with two attached hydrogens (primary N) is 1. The number of hydrogen-bond donors (Lipinski definition) is 4. The summed E-state index contributed by atoms with van der Waals surface area (Å²) < 4.78 is 0. The molecule has 0 radical (unpaired) electrons. The van der Waals surface area contributed by atoms with E-state index in [1.54, 1.807) is 13.0 Å². The Labute approximate surface area is 110 Å². The van der Waals surface area contributed by atoms with E-state index in [2.05, 4.69) is 10.1 Å². The first kappa shape index (κ1) is 14.7. The monoisotopic (exact) mass is 271 g/mol. The molecule has 5 N–H and O–H groups in total. The molecule has 1 unspecified atom stereocenters. The van der Waals surface area contributed by atoms with Gasteiger partial charge < -0.3 is 21.2 Å². The standard InChI is InChI=1S/C11H17N3O3S/c1-6-3-9(18-5-8(16)4-15)10(7(2)13-6)11(12)14-17/h3,8,15-17H,4-5H2,1-2H3,(H2,12,14). The minimum Gasteiger partial charge on any atom is -0.409 e. The lowest BCUT2D eigenvalue weighted by atomic mass is 10.1. The SMILES string of the molecule is Cc1cc(SCC(O)CO)c(/C(N)=N/O)c(C)n1. The smallest absolute Gasteiger partial charge is 0.173 e. The van der Waals surface area contributed by atoms with Crippen molar-refractivity contribution < 1.29 is 15.4 Å². The van der Waals surface area contributed by atoms with Crippen molar-refractivity contribution >= 4 is 17.6 Å². The molecule has 1 aromatic rings. The van der Waals surface area contributed by atoms with E-state index in [1.807, 2.05) is 6.92 Å². The zero-order valence-corrected chi connectivity index (χ0v) is 11.1. The summed E-state index contributed by atoms with van der Waals surface area (Å²) in [6, 6.07) is 1.80. The topological polar surface area (TPSA) is 112 Å². The van der Waals surface area contributed by atoms with Gasteiger partial charge in [-0.15, -0.1) is 11.8 Å². The third kappa shape index (κ3) is 3.59. The molecule has 0 spiro atoms. The van der Waals surface area contributed by atoms with Gasteiger partial charge in [0.1, 0.15) is 0 Å². The lowest BCUT2D eigenvalue weighted by molar-refractivity contribution is 0.113. The van der Waals surface area contributed by atoms with Gasteiger partial charge in [-0.1, -0.05) is 5.16 Å². The van der Waals surface area contributed by atoms with Crippen LogP contribution < -0.4 is 5.73 Å². The molecule has 7 heteroatoms. The molecule has 0 bridgehead atoms. The van der Waals surface area contributed by atoms with E-state index in [0.717, 1.165) is 10.6 Å². The Morgan fingerprint density at radius 2 is 2.22 bits per heavy atom. The van der Waals surface area contributed by atoms with Gasteiger partial charge in [0.25, 0.3) is 0 Å². The molecule has 0 aliphatic rings. The number of rotatable bonds is 5. The Morgan fingerprint density at radius 1 is 1.56 bits per heavy atom. The van der Waals surface area contributed by atoms with E-state index in [4.69, 9.17) is 16.0 Å². The van der Waals surface area contributed by atoms with Crippen LogP contribution in [0.2, 0.25) is 0 Å². The van der Waals surface area contributed by atoms with Gasteiger partial charge in [0.05, 0.1) is 18.3 Å². The highest BCUT2D eigenvalue weighted by atomic mass is 32.2. The predicted molar refractivity (Wildman–Crippen MR) is 70.0 cm³/mol. The molecule has 6 nitrogen and oxygen atoms in total. The van der Waals surface area contributed by atoms with Crippen LogP contribution in [-0.4, -0.2) is 44.7 Å². The number of aromatic nitrogens is 1. The Kier molecular flexibility index (Phi) is 5.39. The van der Waals surface area contributed by atoms with E-state index in [1.165, 1.54) is 11.8 Å². The summed E-state index contributed by atoms with van der Waals surface area (Å²) in [7, 11) is 0. The summed E-state index contributed by atoms with van der Waals surface area (Å²) in [5.41, 5.74) is 7.64. The summed E-state index contributed by atoms with van der Waals surface area (Å²) in [5, 5.41) is 29.9. The molecule has 0 aliphatic carbocycles. The zero-order chi connectivity index (χ0) is 13.7. The van der Waals surface area contributed by atoms with E-state index >= 15 is 0 Å². The number of aliphatic hydroxyl groups excluding tert-OH is 2. The molecule has 0 aliphatic heterocycles. The lowest BCUT2D eigenvalue weighted by Gasteiger charge is -2.13. The van der Waals surface area contributed by atoms with E-state index in [9.17, 15) is 5.11 Å². The van der Waals surface area contributed by atoms with Crippen molar-refractivity contribution in [2.45, 2.75) is 24.8 Å². The number of aliphatic hydroxyl groups is 2. The third-order valence-electron chi connectivity index (χ3n) is 2.30. The molecule has 1 rings (SSSR count). The number of oxime groups is 1. The second-order valence-corrected chi connectivity index (χ2v) is 4.92. The molecule has 0 amide bonds. The third-order valence-corrected chi connectivity index (χ3v) is 3.48. The average molecular weight is 271 g/mol. The number of nitrogens with zero attached hydrogens (tertiary/aromatic N) is 2. The molecule has 18 heavy (non-hydrogen) atoms. The van der Waals surface area contributed by atoms with Crippen molar-refractivity contribution in [1.82, 2.24) is 4.98 Å². The average Bonchev–Trinajstić information content (AvgIpc) is 2.34.